The third-order valence-electron chi connectivity index (χ3n) is 8.31. The summed E-state index contributed by atoms with van der Waals surface area (Å²) in [4.78, 5) is 18.3. The van der Waals surface area contributed by atoms with Gasteiger partial charge in [0.15, 0.2) is 5.76 Å². The van der Waals surface area contributed by atoms with Crippen LogP contribution in [-0.4, -0.2) is 54.0 Å². The lowest BCUT2D eigenvalue weighted by atomic mass is 9.99. The standard InChI is InChI=1S/C32H29FN6O4S/c1-5-38-17-19(16-35-38)31-29(32(40)34-2)22-13-21(26(15-28(22)43-31)37(3)44(4,41)42)24-10-9-18-11-12-39-25-8-6-7-23(33)20(25)14-27(39)30(18)36-24/h6-10,13-17H,5,11-12H2,1-4H3,(H,34,40). The van der Waals surface area contributed by atoms with E-state index in [1.165, 1.54) is 17.4 Å². The van der Waals surface area contributed by atoms with E-state index in [0.717, 1.165) is 23.0 Å². The summed E-state index contributed by atoms with van der Waals surface area (Å²) in [6.45, 7) is 3.28. The van der Waals surface area contributed by atoms with Crippen LogP contribution in [0.1, 0.15) is 22.8 Å². The average Bonchev–Trinajstić information content (AvgIpc) is 3.74. The molecule has 1 aliphatic heterocycles. The number of hydrogen-bond donors (Lipinski definition) is 1. The molecule has 6 aromatic rings. The number of amides is 1. The van der Waals surface area contributed by atoms with Gasteiger partial charge in [-0.3, -0.25) is 13.8 Å². The van der Waals surface area contributed by atoms with E-state index in [0.29, 0.717) is 75.4 Å². The summed E-state index contributed by atoms with van der Waals surface area (Å²) in [5, 5.41) is 8.05. The number of carbonyl (C=O) groups excluding carboxylic acids is 1. The molecule has 0 fully saturated rings. The Morgan fingerprint density at radius 3 is 2.70 bits per heavy atom. The van der Waals surface area contributed by atoms with Crippen molar-refractivity contribution in [3.05, 3.63) is 77.9 Å². The average molecular weight is 613 g/mol. The Morgan fingerprint density at radius 2 is 1.98 bits per heavy atom. The van der Waals surface area contributed by atoms with Crippen LogP contribution >= 0.6 is 0 Å². The molecule has 0 radical (unpaired) electrons. The van der Waals surface area contributed by atoms with Gasteiger partial charge in [0, 0.05) is 55.8 Å². The summed E-state index contributed by atoms with van der Waals surface area (Å²) >= 11 is 0. The number of carbonyl (C=O) groups is 1. The van der Waals surface area contributed by atoms with Crippen LogP contribution in [0.15, 0.2) is 65.3 Å². The van der Waals surface area contributed by atoms with E-state index >= 15 is 0 Å². The molecule has 7 rings (SSSR count). The number of fused-ring (bicyclic) bond motifs is 6. The van der Waals surface area contributed by atoms with E-state index in [9.17, 15) is 17.6 Å². The molecular formula is C32H29FN6O4S. The fourth-order valence-electron chi connectivity index (χ4n) is 5.96. The summed E-state index contributed by atoms with van der Waals surface area (Å²) in [6, 6.07) is 14.1. The van der Waals surface area contributed by atoms with Gasteiger partial charge in [-0.15, -0.1) is 0 Å². The molecule has 224 valence electrons. The van der Waals surface area contributed by atoms with Gasteiger partial charge in [0.2, 0.25) is 10.0 Å². The number of anilines is 1. The first kappa shape index (κ1) is 27.8. The van der Waals surface area contributed by atoms with Crippen LogP contribution in [-0.2, 0) is 29.5 Å². The molecule has 1 N–H and O–H groups in total. The van der Waals surface area contributed by atoms with Crippen LogP contribution in [0, 0.1) is 5.82 Å². The van der Waals surface area contributed by atoms with Gasteiger partial charge < -0.3 is 14.3 Å². The quantitative estimate of drug-likeness (QED) is 0.268. The number of aromatic nitrogens is 4. The van der Waals surface area contributed by atoms with Crippen molar-refractivity contribution >= 4 is 43.5 Å². The van der Waals surface area contributed by atoms with Gasteiger partial charge in [-0.05, 0) is 49.2 Å². The van der Waals surface area contributed by atoms with E-state index in [4.69, 9.17) is 9.40 Å². The van der Waals surface area contributed by atoms with Crippen LogP contribution in [0.4, 0.5) is 10.1 Å². The van der Waals surface area contributed by atoms with Crippen LogP contribution in [0.2, 0.25) is 0 Å². The van der Waals surface area contributed by atoms with Crippen molar-refractivity contribution in [1.82, 2.24) is 24.6 Å². The number of halogens is 1. The largest absolute Gasteiger partial charge is 0.455 e. The molecule has 0 bridgehead atoms. The van der Waals surface area contributed by atoms with Crippen molar-refractivity contribution in [1.29, 1.82) is 0 Å². The zero-order valence-corrected chi connectivity index (χ0v) is 25.4. The second-order valence-electron chi connectivity index (χ2n) is 10.9. The molecule has 0 atom stereocenters. The van der Waals surface area contributed by atoms with Gasteiger partial charge in [0.05, 0.1) is 51.9 Å². The van der Waals surface area contributed by atoms with E-state index in [1.807, 2.05) is 31.2 Å². The van der Waals surface area contributed by atoms with Crippen LogP contribution in [0.5, 0.6) is 0 Å². The zero-order valence-electron chi connectivity index (χ0n) is 24.6. The molecule has 2 aromatic carbocycles. The lowest BCUT2D eigenvalue weighted by Gasteiger charge is -2.23. The first-order valence-electron chi connectivity index (χ1n) is 14.2. The minimum atomic E-state index is -3.69. The lowest BCUT2D eigenvalue weighted by Crippen LogP contribution is -2.25. The van der Waals surface area contributed by atoms with Crippen molar-refractivity contribution in [3.63, 3.8) is 0 Å². The van der Waals surface area contributed by atoms with Crippen LogP contribution in [0.25, 0.3) is 55.8 Å². The summed E-state index contributed by atoms with van der Waals surface area (Å²) in [6.07, 6.45) is 5.26. The zero-order chi connectivity index (χ0) is 30.9. The van der Waals surface area contributed by atoms with E-state index in [-0.39, 0.29) is 11.7 Å². The van der Waals surface area contributed by atoms with Crippen molar-refractivity contribution in [2.24, 2.45) is 0 Å². The molecule has 0 spiro atoms. The highest BCUT2D eigenvalue weighted by atomic mass is 32.2. The number of furan rings is 1. The Bertz CT molecular complexity index is 2250. The molecule has 44 heavy (non-hydrogen) atoms. The number of benzene rings is 2. The molecule has 0 saturated heterocycles. The van der Waals surface area contributed by atoms with Gasteiger partial charge >= 0.3 is 0 Å². The molecule has 12 heteroatoms. The number of nitrogens with zero attached hydrogens (tertiary/aromatic N) is 5. The summed E-state index contributed by atoms with van der Waals surface area (Å²) in [7, 11) is -0.686. The molecule has 0 unspecified atom stereocenters. The second-order valence-corrected chi connectivity index (χ2v) is 12.9. The smallest absolute Gasteiger partial charge is 0.255 e. The first-order chi connectivity index (χ1) is 21.1. The number of pyridine rings is 1. The molecule has 10 nitrogen and oxygen atoms in total. The molecule has 4 aromatic heterocycles. The maximum atomic E-state index is 14.7. The third kappa shape index (κ3) is 4.28. The molecular weight excluding hydrogens is 583 g/mol. The van der Waals surface area contributed by atoms with Crippen LogP contribution < -0.4 is 9.62 Å². The summed E-state index contributed by atoms with van der Waals surface area (Å²) < 4.78 is 51.6. The SMILES string of the molecule is CCn1cc(-c2oc3cc(N(C)S(C)(=O)=O)c(-c4ccc5c(n4)-c4cc6c(F)cccc6n4CC5)cc3c2C(=O)NC)cn1. The number of aryl methyl sites for hydroxylation is 3. The van der Waals surface area contributed by atoms with Gasteiger partial charge in [-0.1, -0.05) is 12.1 Å². The Labute approximate surface area is 252 Å². The van der Waals surface area contributed by atoms with E-state index < -0.39 is 10.0 Å². The molecule has 0 saturated carbocycles. The Kier molecular flexibility index (Phi) is 6.36. The van der Waals surface area contributed by atoms with Gasteiger partial charge in [0.25, 0.3) is 5.91 Å². The van der Waals surface area contributed by atoms with Gasteiger partial charge in [0.1, 0.15) is 11.4 Å². The number of rotatable bonds is 6. The first-order valence-corrected chi connectivity index (χ1v) is 16.0. The Balaban J connectivity index is 1.49. The minimum Gasteiger partial charge on any atom is -0.455 e. The van der Waals surface area contributed by atoms with Crippen LogP contribution in [0.3, 0.4) is 0 Å². The highest BCUT2D eigenvalue weighted by Gasteiger charge is 2.28. The van der Waals surface area contributed by atoms with Crippen molar-refractivity contribution in [3.8, 4) is 34.0 Å². The minimum absolute atomic E-state index is 0.299. The van der Waals surface area contributed by atoms with Gasteiger partial charge in [-0.25, -0.2) is 17.8 Å². The predicted octanol–water partition coefficient (Wildman–Crippen LogP) is 5.45. The van der Waals surface area contributed by atoms with E-state index in [2.05, 4.69) is 15.0 Å². The maximum Gasteiger partial charge on any atom is 0.255 e. The second kappa shape index (κ2) is 10.1. The fraction of sp³-hybridized carbons (Fsp3) is 0.219. The summed E-state index contributed by atoms with van der Waals surface area (Å²) in [5.74, 6) is -0.330. The van der Waals surface area contributed by atoms with E-state index in [1.54, 1.807) is 42.3 Å². The van der Waals surface area contributed by atoms with Gasteiger partial charge in [-0.2, -0.15) is 5.10 Å². The lowest BCUT2D eigenvalue weighted by molar-refractivity contribution is 0.0964. The Morgan fingerprint density at radius 1 is 1.16 bits per heavy atom. The molecule has 1 aliphatic rings. The maximum absolute atomic E-state index is 14.7. The molecule has 0 aliphatic carbocycles. The highest BCUT2D eigenvalue weighted by molar-refractivity contribution is 7.92. The predicted molar refractivity (Wildman–Crippen MR) is 168 cm³/mol. The van der Waals surface area contributed by atoms with Crippen molar-refractivity contribution in [2.45, 2.75) is 26.4 Å². The molecule has 1 amide bonds. The molecule has 5 heterocycles. The summed E-state index contributed by atoms with van der Waals surface area (Å²) in [5.41, 5.74) is 5.88. The monoisotopic (exact) mass is 612 g/mol. The normalized spacial score (nSPS) is 12.8. The number of hydrogen-bond acceptors (Lipinski definition) is 6. The fourth-order valence-corrected chi connectivity index (χ4v) is 6.47. The number of sulfonamides is 1. The number of nitrogens with one attached hydrogen (secondary N) is 1. The van der Waals surface area contributed by atoms with Crippen molar-refractivity contribution < 1.29 is 22.0 Å². The third-order valence-corrected chi connectivity index (χ3v) is 9.50. The topological polar surface area (TPSA) is 115 Å². The van der Waals surface area contributed by atoms with Crippen molar-refractivity contribution in [2.75, 3.05) is 24.7 Å². The highest BCUT2D eigenvalue weighted by Crippen LogP contribution is 2.42. The Hall–Kier alpha value is -4.97.